The van der Waals surface area contributed by atoms with Crippen molar-refractivity contribution < 1.29 is 9.47 Å². The lowest BCUT2D eigenvalue weighted by atomic mass is 9.75. The summed E-state index contributed by atoms with van der Waals surface area (Å²) in [4.78, 5) is 0. The Bertz CT molecular complexity index is 446. The van der Waals surface area contributed by atoms with Crippen LogP contribution in [-0.2, 0) is 0 Å². The minimum Gasteiger partial charge on any atom is -0.486 e. The lowest BCUT2D eigenvalue weighted by Gasteiger charge is -2.35. The van der Waals surface area contributed by atoms with Gasteiger partial charge in [-0.1, -0.05) is 13.8 Å². The van der Waals surface area contributed by atoms with Crippen LogP contribution in [-0.4, -0.2) is 19.3 Å². The lowest BCUT2D eigenvalue weighted by Crippen LogP contribution is -2.29. The van der Waals surface area contributed by atoms with Crippen molar-refractivity contribution >= 4 is 5.69 Å². The van der Waals surface area contributed by atoms with E-state index in [0.29, 0.717) is 24.7 Å². The van der Waals surface area contributed by atoms with E-state index in [0.717, 1.165) is 17.2 Å². The Morgan fingerprint density at radius 2 is 1.74 bits per heavy atom. The quantitative estimate of drug-likeness (QED) is 0.877. The zero-order valence-corrected chi connectivity index (χ0v) is 11.9. The molecule has 1 aromatic carbocycles. The molecule has 0 spiro atoms. The number of benzene rings is 1. The first-order valence-electron chi connectivity index (χ1n) is 7.29. The van der Waals surface area contributed by atoms with Crippen LogP contribution in [0.3, 0.4) is 0 Å². The number of hydrogen-bond donors (Lipinski definition) is 1. The summed E-state index contributed by atoms with van der Waals surface area (Å²) in [7, 11) is 0. The van der Waals surface area contributed by atoms with Crippen LogP contribution in [0.25, 0.3) is 0 Å². The van der Waals surface area contributed by atoms with Crippen LogP contribution in [0, 0.1) is 5.41 Å². The van der Waals surface area contributed by atoms with Crippen LogP contribution in [0.5, 0.6) is 11.5 Å². The van der Waals surface area contributed by atoms with Crippen molar-refractivity contribution in [1.29, 1.82) is 0 Å². The molecule has 1 aliphatic carbocycles. The van der Waals surface area contributed by atoms with E-state index in [4.69, 9.17) is 9.47 Å². The fourth-order valence-electron chi connectivity index (χ4n) is 2.91. The third kappa shape index (κ3) is 2.96. The fourth-order valence-corrected chi connectivity index (χ4v) is 2.91. The third-order valence-corrected chi connectivity index (χ3v) is 4.25. The van der Waals surface area contributed by atoms with Crippen molar-refractivity contribution in [1.82, 2.24) is 0 Å². The molecule has 1 fully saturated rings. The molecule has 1 saturated carbocycles. The van der Waals surface area contributed by atoms with Crippen LogP contribution in [0.1, 0.15) is 39.5 Å². The largest absolute Gasteiger partial charge is 0.486 e. The fraction of sp³-hybridized carbons (Fsp3) is 0.625. The van der Waals surface area contributed by atoms with Crippen molar-refractivity contribution in [2.24, 2.45) is 5.41 Å². The van der Waals surface area contributed by atoms with Gasteiger partial charge in [-0.15, -0.1) is 0 Å². The van der Waals surface area contributed by atoms with Crippen molar-refractivity contribution in [3.8, 4) is 11.5 Å². The second-order valence-corrected chi connectivity index (χ2v) is 6.44. The van der Waals surface area contributed by atoms with Gasteiger partial charge in [0, 0.05) is 17.8 Å². The Kier molecular flexibility index (Phi) is 3.29. The summed E-state index contributed by atoms with van der Waals surface area (Å²) in [5.41, 5.74) is 1.67. The van der Waals surface area contributed by atoms with Gasteiger partial charge < -0.3 is 14.8 Å². The molecule has 1 aliphatic heterocycles. The van der Waals surface area contributed by atoms with Crippen molar-refractivity contribution in [2.45, 2.75) is 45.6 Å². The second kappa shape index (κ2) is 4.95. The maximum Gasteiger partial charge on any atom is 0.163 e. The van der Waals surface area contributed by atoms with Crippen molar-refractivity contribution in [3.63, 3.8) is 0 Å². The Morgan fingerprint density at radius 3 is 2.47 bits per heavy atom. The molecular weight excluding hydrogens is 238 g/mol. The molecular formula is C16H23NO2. The van der Waals surface area contributed by atoms with Gasteiger partial charge in [0.1, 0.15) is 13.2 Å². The summed E-state index contributed by atoms with van der Waals surface area (Å²) in [5.74, 6) is 1.73. The second-order valence-electron chi connectivity index (χ2n) is 6.44. The van der Waals surface area contributed by atoms with E-state index in [1.165, 1.54) is 25.7 Å². The molecule has 1 aromatic rings. The topological polar surface area (TPSA) is 30.5 Å². The van der Waals surface area contributed by atoms with Gasteiger partial charge >= 0.3 is 0 Å². The highest BCUT2D eigenvalue weighted by Gasteiger charge is 2.26. The Balaban J connectivity index is 1.64. The summed E-state index contributed by atoms with van der Waals surface area (Å²) in [6, 6.07) is 6.75. The van der Waals surface area contributed by atoms with Gasteiger partial charge in [0.2, 0.25) is 0 Å². The number of fused-ring (bicyclic) bond motifs is 1. The molecule has 19 heavy (non-hydrogen) atoms. The molecule has 0 aromatic heterocycles. The highest BCUT2D eigenvalue weighted by Crippen LogP contribution is 2.37. The maximum absolute atomic E-state index is 5.62. The summed E-state index contributed by atoms with van der Waals surface area (Å²) < 4.78 is 11.2. The average molecular weight is 261 g/mol. The predicted octanol–water partition coefficient (Wildman–Crippen LogP) is 3.84. The Morgan fingerprint density at radius 1 is 1.05 bits per heavy atom. The first kappa shape index (κ1) is 12.6. The van der Waals surface area contributed by atoms with Crippen LogP contribution in [0.2, 0.25) is 0 Å². The summed E-state index contributed by atoms with van der Waals surface area (Å²) in [6.45, 7) is 6.03. The molecule has 0 atom stereocenters. The van der Waals surface area contributed by atoms with E-state index in [9.17, 15) is 0 Å². The third-order valence-electron chi connectivity index (χ3n) is 4.25. The zero-order valence-electron chi connectivity index (χ0n) is 11.9. The smallest absolute Gasteiger partial charge is 0.163 e. The monoisotopic (exact) mass is 261 g/mol. The maximum atomic E-state index is 5.62. The first-order chi connectivity index (χ1) is 9.12. The highest BCUT2D eigenvalue weighted by molar-refractivity contribution is 5.55. The standard InChI is InChI=1S/C16H23NO2/c1-16(2)7-5-12(6-8-16)17-13-3-4-14-15(11-13)19-10-9-18-14/h3-4,11-12,17H,5-10H2,1-2H3. The van der Waals surface area contributed by atoms with Gasteiger partial charge in [0.05, 0.1) is 0 Å². The molecule has 104 valence electrons. The van der Waals surface area contributed by atoms with Crippen molar-refractivity contribution in [2.75, 3.05) is 18.5 Å². The van der Waals surface area contributed by atoms with Crippen LogP contribution in [0.15, 0.2) is 18.2 Å². The predicted molar refractivity (Wildman–Crippen MR) is 77.1 cm³/mol. The molecule has 2 aliphatic rings. The van der Waals surface area contributed by atoms with Gasteiger partial charge in [0.15, 0.2) is 11.5 Å². The highest BCUT2D eigenvalue weighted by atomic mass is 16.6. The number of anilines is 1. The van der Waals surface area contributed by atoms with Gasteiger partial charge in [-0.2, -0.15) is 0 Å². The molecule has 0 unspecified atom stereocenters. The van der Waals surface area contributed by atoms with E-state index in [1.54, 1.807) is 0 Å². The molecule has 0 bridgehead atoms. The Hall–Kier alpha value is -1.38. The minimum absolute atomic E-state index is 0.519. The molecule has 3 rings (SSSR count). The molecule has 3 nitrogen and oxygen atoms in total. The molecule has 1 heterocycles. The zero-order chi connectivity index (χ0) is 13.3. The van der Waals surface area contributed by atoms with E-state index < -0.39 is 0 Å². The Labute approximate surface area is 115 Å². The van der Waals surface area contributed by atoms with Crippen LogP contribution < -0.4 is 14.8 Å². The van der Waals surface area contributed by atoms with Gasteiger partial charge in [-0.05, 0) is 43.2 Å². The van der Waals surface area contributed by atoms with E-state index in [1.807, 2.05) is 6.07 Å². The normalized spacial score (nSPS) is 22.0. The average Bonchev–Trinajstić information content (AvgIpc) is 2.41. The van der Waals surface area contributed by atoms with Crippen LogP contribution >= 0.6 is 0 Å². The molecule has 3 heteroatoms. The van der Waals surface area contributed by atoms with E-state index >= 15 is 0 Å². The van der Waals surface area contributed by atoms with E-state index in [2.05, 4.69) is 31.3 Å². The number of rotatable bonds is 2. The number of nitrogens with one attached hydrogen (secondary N) is 1. The number of ether oxygens (including phenoxy) is 2. The lowest BCUT2D eigenvalue weighted by molar-refractivity contribution is 0.171. The first-order valence-corrected chi connectivity index (χ1v) is 7.29. The van der Waals surface area contributed by atoms with Gasteiger partial charge in [0.25, 0.3) is 0 Å². The van der Waals surface area contributed by atoms with Crippen molar-refractivity contribution in [3.05, 3.63) is 18.2 Å². The van der Waals surface area contributed by atoms with Gasteiger partial charge in [-0.3, -0.25) is 0 Å². The van der Waals surface area contributed by atoms with Gasteiger partial charge in [-0.25, -0.2) is 0 Å². The summed E-state index contributed by atoms with van der Waals surface area (Å²) >= 11 is 0. The summed E-state index contributed by atoms with van der Waals surface area (Å²) in [5, 5.41) is 3.63. The minimum atomic E-state index is 0.519. The molecule has 0 radical (unpaired) electrons. The molecule has 0 saturated heterocycles. The molecule has 0 amide bonds. The molecule has 1 N–H and O–H groups in total. The number of hydrogen-bond acceptors (Lipinski definition) is 3. The SMILES string of the molecule is CC1(C)CCC(Nc2ccc3c(c2)OCCO3)CC1. The van der Waals surface area contributed by atoms with Crippen LogP contribution in [0.4, 0.5) is 5.69 Å². The van der Waals surface area contributed by atoms with E-state index in [-0.39, 0.29) is 0 Å². The summed E-state index contributed by atoms with van der Waals surface area (Å²) in [6.07, 6.45) is 5.10.